The normalized spacial score (nSPS) is 10.2. The van der Waals surface area contributed by atoms with Gasteiger partial charge in [-0.2, -0.15) is 0 Å². The number of hydrogen-bond donors (Lipinski definition) is 1. The predicted molar refractivity (Wildman–Crippen MR) is 49.0 cm³/mol. The van der Waals surface area contributed by atoms with Crippen LogP contribution >= 0.6 is 11.6 Å². The zero-order valence-electron chi connectivity index (χ0n) is 6.90. The van der Waals surface area contributed by atoms with Crippen molar-refractivity contribution in [1.29, 1.82) is 0 Å². The molecule has 0 saturated heterocycles. The molecule has 0 spiro atoms. The van der Waals surface area contributed by atoms with Gasteiger partial charge in [0, 0.05) is 0 Å². The van der Waals surface area contributed by atoms with Gasteiger partial charge in [0.05, 0.1) is 5.02 Å². The maximum absolute atomic E-state index is 12.7. The maximum atomic E-state index is 12.7. The summed E-state index contributed by atoms with van der Waals surface area (Å²) in [5, 5.41) is 3.21. The number of halogens is 2. The first kappa shape index (κ1) is 9.49. The minimum Gasteiger partial charge on any atom is -0.319 e. The van der Waals surface area contributed by atoms with Crippen LogP contribution in [0.15, 0.2) is 18.2 Å². The van der Waals surface area contributed by atoms with Gasteiger partial charge < -0.3 is 5.32 Å². The van der Waals surface area contributed by atoms with E-state index in [-0.39, 0.29) is 10.8 Å². The summed E-state index contributed by atoms with van der Waals surface area (Å²) in [4.78, 5) is 0. The zero-order chi connectivity index (χ0) is 8.97. The van der Waals surface area contributed by atoms with Crippen LogP contribution in [0.2, 0.25) is 5.02 Å². The first-order valence-corrected chi connectivity index (χ1v) is 4.20. The average Bonchev–Trinajstić information content (AvgIpc) is 2.07. The van der Waals surface area contributed by atoms with Crippen molar-refractivity contribution >= 4 is 11.6 Å². The van der Waals surface area contributed by atoms with Crippen LogP contribution < -0.4 is 5.32 Å². The number of rotatable bonds is 3. The molecule has 12 heavy (non-hydrogen) atoms. The van der Waals surface area contributed by atoms with Crippen LogP contribution in [0.25, 0.3) is 0 Å². The van der Waals surface area contributed by atoms with Crippen molar-refractivity contribution in [3.05, 3.63) is 34.6 Å². The lowest BCUT2D eigenvalue weighted by Gasteiger charge is -2.01. The molecule has 0 unspecified atom stereocenters. The highest BCUT2D eigenvalue weighted by Crippen LogP contribution is 2.15. The third kappa shape index (κ3) is 2.47. The molecule has 0 aliphatic heterocycles. The van der Waals surface area contributed by atoms with Crippen LogP contribution in [0.5, 0.6) is 0 Å². The highest BCUT2D eigenvalue weighted by molar-refractivity contribution is 6.30. The van der Waals surface area contributed by atoms with E-state index in [0.717, 1.165) is 18.5 Å². The first-order chi connectivity index (χ1) is 5.74. The van der Waals surface area contributed by atoms with E-state index in [1.807, 2.05) is 7.05 Å². The van der Waals surface area contributed by atoms with Crippen LogP contribution in [-0.2, 0) is 6.42 Å². The molecule has 0 radical (unpaired) electrons. The van der Waals surface area contributed by atoms with Crippen LogP contribution in [0, 0.1) is 5.82 Å². The molecule has 0 saturated carbocycles. The largest absolute Gasteiger partial charge is 0.319 e. The highest BCUT2D eigenvalue weighted by atomic mass is 35.5. The molecular formula is C9H11ClFN. The molecule has 0 fully saturated rings. The van der Waals surface area contributed by atoms with Crippen molar-refractivity contribution in [2.75, 3.05) is 13.6 Å². The Morgan fingerprint density at radius 2 is 2.25 bits per heavy atom. The van der Waals surface area contributed by atoms with Crippen molar-refractivity contribution in [2.45, 2.75) is 6.42 Å². The second kappa shape index (κ2) is 4.43. The topological polar surface area (TPSA) is 12.0 Å². The number of nitrogens with one attached hydrogen (secondary N) is 1. The Balaban J connectivity index is 2.69. The average molecular weight is 188 g/mol. The minimum absolute atomic E-state index is 0.198. The Morgan fingerprint density at radius 1 is 1.50 bits per heavy atom. The monoisotopic (exact) mass is 187 g/mol. The fourth-order valence-electron chi connectivity index (χ4n) is 0.964. The van der Waals surface area contributed by atoms with Gasteiger partial charge in [-0.25, -0.2) is 4.39 Å². The molecule has 0 atom stereocenters. The molecule has 0 bridgehead atoms. The molecule has 1 N–H and O–H groups in total. The molecule has 0 amide bonds. The fraction of sp³-hybridized carbons (Fsp3) is 0.333. The van der Waals surface area contributed by atoms with Crippen molar-refractivity contribution in [3.63, 3.8) is 0 Å². The van der Waals surface area contributed by atoms with Crippen LogP contribution in [0.3, 0.4) is 0 Å². The molecule has 0 heterocycles. The minimum atomic E-state index is -0.357. The number of hydrogen-bond acceptors (Lipinski definition) is 1. The predicted octanol–water partition coefficient (Wildman–Crippen LogP) is 2.24. The molecule has 0 aliphatic carbocycles. The molecule has 0 aromatic heterocycles. The molecule has 1 aromatic rings. The van der Waals surface area contributed by atoms with Gasteiger partial charge in [0.25, 0.3) is 0 Å². The third-order valence-electron chi connectivity index (χ3n) is 1.65. The van der Waals surface area contributed by atoms with E-state index < -0.39 is 0 Å². The molecule has 1 rings (SSSR count). The van der Waals surface area contributed by atoms with Crippen molar-refractivity contribution in [1.82, 2.24) is 5.32 Å². The van der Waals surface area contributed by atoms with E-state index >= 15 is 0 Å². The van der Waals surface area contributed by atoms with Gasteiger partial charge in [0.15, 0.2) is 0 Å². The quantitative estimate of drug-likeness (QED) is 0.766. The van der Waals surface area contributed by atoms with Crippen LogP contribution in [0.4, 0.5) is 4.39 Å². The lowest BCUT2D eigenvalue weighted by molar-refractivity contribution is 0.627. The molecule has 1 nitrogen and oxygen atoms in total. The van der Waals surface area contributed by atoms with Gasteiger partial charge >= 0.3 is 0 Å². The molecular weight excluding hydrogens is 177 g/mol. The fourth-order valence-corrected chi connectivity index (χ4v) is 1.17. The maximum Gasteiger partial charge on any atom is 0.141 e. The van der Waals surface area contributed by atoms with Gasteiger partial charge in [0.1, 0.15) is 5.82 Å². The summed E-state index contributed by atoms with van der Waals surface area (Å²) >= 11 is 5.60. The SMILES string of the molecule is CNCCc1ccc(F)c(Cl)c1. The molecule has 1 aromatic carbocycles. The van der Waals surface area contributed by atoms with Gasteiger partial charge in [-0.05, 0) is 37.7 Å². The summed E-state index contributed by atoms with van der Waals surface area (Å²) in [6.07, 6.45) is 0.872. The van der Waals surface area contributed by atoms with Crippen LogP contribution in [-0.4, -0.2) is 13.6 Å². The first-order valence-electron chi connectivity index (χ1n) is 3.82. The molecule has 66 valence electrons. The van der Waals surface area contributed by atoms with E-state index in [0.29, 0.717) is 0 Å². The van der Waals surface area contributed by atoms with Gasteiger partial charge in [-0.15, -0.1) is 0 Å². The van der Waals surface area contributed by atoms with Gasteiger partial charge in [-0.1, -0.05) is 17.7 Å². The summed E-state index contributed by atoms with van der Waals surface area (Å²) in [5.41, 5.74) is 1.05. The zero-order valence-corrected chi connectivity index (χ0v) is 7.66. The Morgan fingerprint density at radius 3 is 2.83 bits per heavy atom. The Kier molecular flexibility index (Phi) is 3.50. The Bertz CT molecular complexity index is 263. The summed E-state index contributed by atoms with van der Waals surface area (Å²) in [6.45, 7) is 0.877. The summed E-state index contributed by atoms with van der Waals surface area (Å²) in [6, 6.07) is 4.81. The van der Waals surface area contributed by atoms with Crippen molar-refractivity contribution < 1.29 is 4.39 Å². The van der Waals surface area contributed by atoms with E-state index in [1.54, 1.807) is 12.1 Å². The summed E-state index contributed by atoms with van der Waals surface area (Å²) < 4.78 is 12.7. The number of likely N-dealkylation sites (N-methyl/N-ethyl adjacent to an activating group) is 1. The van der Waals surface area contributed by atoms with Crippen LogP contribution in [0.1, 0.15) is 5.56 Å². The van der Waals surface area contributed by atoms with E-state index in [4.69, 9.17) is 11.6 Å². The Hall–Kier alpha value is -0.600. The summed E-state index contributed by atoms with van der Waals surface area (Å²) in [7, 11) is 1.88. The van der Waals surface area contributed by atoms with Gasteiger partial charge in [-0.3, -0.25) is 0 Å². The third-order valence-corrected chi connectivity index (χ3v) is 1.94. The van der Waals surface area contributed by atoms with E-state index in [1.165, 1.54) is 6.07 Å². The highest BCUT2D eigenvalue weighted by Gasteiger charge is 1.99. The smallest absolute Gasteiger partial charge is 0.141 e. The Labute approximate surface area is 76.5 Å². The lowest BCUT2D eigenvalue weighted by atomic mass is 10.1. The molecule has 0 aliphatic rings. The second-order valence-electron chi connectivity index (χ2n) is 2.60. The second-order valence-corrected chi connectivity index (χ2v) is 3.01. The molecule has 3 heteroatoms. The summed E-state index contributed by atoms with van der Waals surface area (Å²) in [5.74, 6) is -0.357. The van der Waals surface area contributed by atoms with Crippen molar-refractivity contribution in [2.24, 2.45) is 0 Å². The van der Waals surface area contributed by atoms with E-state index in [2.05, 4.69) is 5.32 Å². The van der Waals surface area contributed by atoms with E-state index in [9.17, 15) is 4.39 Å². The standard InChI is InChI=1S/C9H11ClFN/c1-12-5-4-7-2-3-9(11)8(10)6-7/h2-3,6,12H,4-5H2,1H3. The lowest BCUT2D eigenvalue weighted by Crippen LogP contribution is -2.10. The van der Waals surface area contributed by atoms with Gasteiger partial charge in [0.2, 0.25) is 0 Å². The number of benzene rings is 1. The van der Waals surface area contributed by atoms with Crippen molar-refractivity contribution in [3.8, 4) is 0 Å².